The average molecular weight is 297 g/mol. The molecule has 110 valence electrons. The highest BCUT2D eigenvalue weighted by atomic mass is 35.5. The van der Waals surface area contributed by atoms with Gasteiger partial charge in [-0.25, -0.2) is 4.98 Å². The van der Waals surface area contributed by atoms with E-state index in [0.29, 0.717) is 23.8 Å². The number of aromatic nitrogens is 1. The normalized spacial score (nSPS) is 21.9. The number of hydrogen-bond donors (Lipinski definition) is 0. The van der Waals surface area contributed by atoms with Crippen LogP contribution < -0.4 is 0 Å². The second-order valence-corrected chi connectivity index (χ2v) is 6.28. The second-order valence-electron chi connectivity index (χ2n) is 5.90. The summed E-state index contributed by atoms with van der Waals surface area (Å²) in [7, 11) is 0. The summed E-state index contributed by atoms with van der Waals surface area (Å²) in [5, 5.41) is 0.369. The van der Waals surface area contributed by atoms with Crippen LogP contribution >= 0.6 is 11.6 Å². The average Bonchev–Trinajstić information content (AvgIpc) is 2.34. The molecule has 1 aliphatic heterocycles. The van der Waals surface area contributed by atoms with Gasteiger partial charge in [0, 0.05) is 24.3 Å². The minimum absolute atomic E-state index is 0.00720. The van der Waals surface area contributed by atoms with Crippen LogP contribution in [0.1, 0.15) is 43.7 Å². The van der Waals surface area contributed by atoms with E-state index in [1.165, 1.54) is 0 Å². The Balaban J connectivity index is 2.24. The highest BCUT2D eigenvalue weighted by Crippen LogP contribution is 2.23. The van der Waals surface area contributed by atoms with Gasteiger partial charge in [-0.3, -0.25) is 4.79 Å². The van der Waals surface area contributed by atoms with E-state index in [2.05, 4.69) is 4.98 Å². The summed E-state index contributed by atoms with van der Waals surface area (Å²) in [5.41, 5.74) is 1.12. The third kappa shape index (κ3) is 3.49. The minimum Gasteiger partial charge on any atom is -0.369 e. The molecule has 1 aromatic heterocycles. The fraction of sp³-hybridized carbons (Fsp3) is 0.600. The first-order valence-corrected chi connectivity index (χ1v) is 7.32. The molecule has 1 atom stereocenters. The van der Waals surface area contributed by atoms with Gasteiger partial charge in [-0.1, -0.05) is 18.5 Å². The molecule has 1 unspecified atom stereocenters. The summed E-state index contributed by atoms with van der Waals surface area (Å²) in [6, 6.07) is 3.46. The zero-order chi connectivity index (χ0) is 14.9. The summed E-state index contributed by atoms with van der Waals surface area (Å²) in [6.07, 6.45) is 0.789. The Morgan fingerprint density at radius 2 is 2.25 bits per heavy atom. The molecule has 5 heteroatoms. The predicted molar refractivity (Wildman–Crippen MR) is 79.2 cm³/mol. The Bertz CT molecular complexity index is 517. The van der Waals surface area contributed by atoms with Crippen LogP contribution in [-0.2, 0) is 11.2 Å². The van der Waals surface area contributed by atoms with Crippen molar-refractivity contribution in [2.24, 2.45) is 0 Å². The van der Waals surface area contributed by atoms with E-state index in [1.807, 2.05) is 38.7 Å². The Labute approximate surface area is 125 Å². The molecule has 1 aromatic rings. The first kappa shape index (κ1) is 15.3. The summed E-state index contributed by atoms with van der Waals surface area (Å²) in [6.45, 7) is 9.16. The number of amides is 1. The number of rotatable bonds is 2. The number of carbonyl (C=O) groups is 1. The Hall–Kier alpha value is -1.13. The molecule has 0 radical (unpaired) electrons. The lowest BCUT2D eigenvalue weighted by Gasteiger charge is -2.41. The topological polar surface area (TPSA) is 42.4 Å². The van der Waals surface area contributed by atoms with E-state index in [9.17, 15) is 4.79 Å². The van der Waals surface area contributed by atoms with Crippen molar-refractivity contribution in [3.8, 4) is 0 Å². The lowest BCUT2D eigenvalue weighted by molar-refractivity contribution is -0.118. The molecular formula is C15H21ClN2O2. The molecular weight excluding hydrogens is 276 g/mol. The van der Waals surface area contributed by atoms with Crippen LogP contribution in [-0.4, -0.2) is 40.6 Å². The van der Waals surface area contributed by atoms with Gasteiger partial charge >= 0.3 is 0 Å². The van der Waals surface area contributed by atoms with E-state index in [4.69, 9.17) is 16.3 Å². The van der Waals surface area contributed by atoms with Crippen molar-refractivity contribution in [1.82, 2.24) is 9.88 Å². The zero-order valence-corrected chi connectivity index (χ0v) is 13.2. The highest BCUT2D eigenvalue weighted by molar-refractivity contribution is 6.29. The molecule has 0 aliphatic carbocycles. The van der Waals surface area contributed by atoms with Crippen molar-refractivity contribution in [1.29, 1.82) is 0 Å². The molecule has 4 nitrogen and oxygen atoms in total. The standard InChI is InChI=1S/C15H21ClN2O2/c1-5-12-6-11(7-13(16)17-12)14(19)18-8-10(2)20-15(3,4)9-18/h6-7,10H,5,8-9H2,1-4H3. The van der Waals surface area contributed by atoms with Crippen LogP contribution in [0.2, 0.25) is 5.15 Å². The van der Waals surface area contributed by atoms with Gasteiger partial charge < -0.3 is 9.64 Å². The van der Waals surface area contributed by atoms with Crippen LogP contribution in [0.25, 0.3) is 0 Å². The molecule has 20 heavy (non-hydrogen) atoms. The molecule has 1 amide bonds. The van der Waals surface area contributed by atoms with E-state index in [1.54, 1.807) is 6.07 Å². The molecule has 0 saturated carbocycles. The van der Waals surface area contributed by atoms with E-state index in [0.717, 1.165) is 12.1 Å². The first-order chi connectivity index (χ1) is 9.30. The van der Waals surface area contributed by atoms with Crippen molar-refractivity contribution in [2.75, 3.05) is 13.1 Å². The van der Waals surface area contributed by atoms with Crippen molar-refractivity contribution in [3.05, 3.63) is 28.5 Å². The van der Waals surface area contributed by atoms with E-state index >= 15 is 0 Å². The maximum atomic E-state index is 12.6. The van der Waals surface area contributed by atoms with Crippen LogP contribution in [0.5, 0.6) is 0 Å². The maximum absolute atomic E-state index is 12.6. The van der Waals surface area contributed by atoms with Crippen LogP contribution in [0.3, 0.4) is 0 Å². The Morgan fingerprint density at radius 3 is 2.85 bits per heavy atom. The third-order valence-corrected chi connectivity index (χ3v) is 3.51. The molecule has 0 aromatic carbocycles. The molecule has 2 rings (SSSR count). The fourth-order valence-electron chi connectivity index (χ4n) is 2.65. The Kier molecular flexibility index (Phi) is 4.35. The number of pyridine rings is 1. The Morgan fingerprint density at radius 1 is 1.55 bits per heavy atom. The van der Waals surface area contributed by atoms with Crippen molar-refractivity contribution >= 4 is 17.5 Å². The van der Waals surface area contributed by atoms with Gasteiger partial charge in [0.15, 0.2) is 0 Å². The lowest BCUT2D eigenvalue weighted by atomic mass is 10.0. The molecule has 0 N–H and O–H groups in total. The number of hydrogen-bond acceptors (Lipinski definition) is 3. The van der Waals surface area contributed by atoms with Gasteiger partial charge in [-0.2, -0.15) is 0 Å². The van der Waals surface area contributed by atoms with Gasteiger partial charge in [-0.15, -0.1) is 0 Å². The minimum atomic E-state index is -0.322. The molecule has 0 bridgehead atoms. The van der Waals surface area contributed by atoms with Gasteiger partial charge in [-0.05, 0) is 39.3 Å². The zero-order valence-electron chi connectivity index (χ0n) is 12.4. The van der Waals surface area contributed by atoms with Crippen LogP contribution in [0.4, 0.5) is 0 Å². The molecule has 1 saturated heterocycles. The molecule has 2 heterocycles. The van der Waals surface area contributed by atoms with Gasteiger partial charge in [0.1, 0.15) is 5.15 Å². The van der Waals surface area contributed by atoms with Crippen LogP contribution in [0.15, 0.2) is 12.1 Å². The third-order valence-electron chi connectivity index (χ3n) is 3.31. The predicted octanol–water partition coefficient (Wildman–Crippen LogP) is 2.94. The van der Waals surface area contributed by atoms with Crippen molar-refractivity contribution in [2.45, 2.75) is 45.8 Å². The monoisotopic (exact) mass is 296 g/mol. The number of nitrogens with zero attached hydrogens (tertiary/aromatic N) is 2. The van der Waals surface area contributed by atoms with Gasteiger partial charge in [0.25, 0.3) is 5.91 Å². The van der Waals surface area contributed by atoms with Gasteiger partial charge in [0.2, 0.25) is 0 Å². The summed E-state index contributed by atoms with van der Waals surface area (Å²) >= 11 is 5.99. The number of carbonyl (C=O) groups excluding carboxylic acids is 1. The molecule has 1 aliphatic rings. The molecule has 1 fully saturated rings. The lowest BCUT2D eigenvalue weighted by Crippen LogP contribution is -2.53. The smallest absolute Gasteiger partial charge is 0.254 e. The van der Waals surface area contributed by atoms with E-state index < -0.39 is 0 Å². The summed E-state index contributed by atoms with van der Waals surface area (Å²) < 4.78 is 5.83. The van der Waals surface area contributed by atoms with Crippen molar-refractivity contribution < 1.29 is 9.53 Å². The number of ether oxygens (including phenoxy) is 1. The summed E-state index contributed by atoms with van der Waals surface area (Å²) in [4.78, 5) is 18.7. The highest BCUT2D eigenvalue weighted by Gasteiger charge is 2.34. The molecule has 0 spiro atoms. The van der Waals surface area contributed by atoms with Crippen LogP contribution in [0, 0.1) is 0 Å². The maximum Gasteiger partial charge on any atom is 0.254 e. The van der Waals surface area contributed by atoms with E-state index in [-0.39, 0.29) is 17.6 Å². The number of aryl methyl sites for hydroxylation is 1. The number of morpholine rings is 1. The fourth-order valence-corrected chi connectivity index (χ4v) is 2.87. The first-order valence-electron chi connectivity index (χ1n) is 6.94. The second kappa shape index (κ2) is 5.70. The largest absolute Gasteiger partial charge is 0.369 e. The van der Waals surface area contributed by atoms with Crippen molar-refractivity contribution in [3.63, 3.8) is 0 Å². The van der Waals surface area contributed by atoms with Gasteiger partial charge in [0.05, 0.1) is 11.7 Å². The quantitative estimate of drug-likeness (QED) is 0.788. The summed E-state index contributed by atoms with van der Waals surface area (Å²) in [5.74, 6) is -0.00720. The number of halogens is 1. The SMILES string of the molecule is CCc1cc(C(=O)N2CC(C)OC(C)(C)C2)cc(Cl)n1.